The molecule has 19 heavy (non-hydrogen) atoms. The van der Waals surface area contributed by atoms with Crippen molar-refractivity contribution in [3.63, 3.8) is 0 Å². The van der Waals surface area contributed by atoms with Crippen LogP contribution in [-0.4, -0.2) is 20.3 Å². The van der Waals surface area contributed by atoms with Crippen LogP contribution in [0.3, 0.4) is 0 Å². The Morgan fingerprint density at radius 3 is 2.11 bits per heavy atom. The van der Waals surface area contributed by atoms with Crippen LogP contribution in [0.25, 0.3) is 0 Å². The van der Waals surface area contributed by atoms with Gasteiger partial charge in [-0.05, 0) is 44.4 Å². The van der Waals surface area contributed by atoms with E-state index in [1.54, 1.807) is 7.11 Å². The van der Waals surface area contributed by atoms with E-state index in [1.165, 1.54) is 5.56 Å². The normalized spacial score (nSPS) is 17.5. The number of aryl methyl sites for hydroxylation is 2. The number of nitrogens with zero attached hydrogens (tertiary/aromatic N) is 1. The van der Waals surface area contributed by atoms with Gasteiger partial charge in [0.25, 0.3) is 0 Å². The molecule has 102 valence electrons. The van der Waals surface area contributed by atoms with E-state index in [0.29, 0.717) is 13.2 Å². The number of methoxy groups -OCH3 is 1. The molecule has 0 unspecified atom stereocenters. The first-order valence-corrected chi connectivity index (χ1v) is 6.53. The second kappa shape index (κ2) is 4.54. The lowest BCUT2D eigenvalue weighted by Gasteiger charge is -2.49. The first-order valence-electron chi connectivity index (χ1n) is 6.53. The van der Waals surface area contributed by atoms with E-state index in [-0.39, 0.29) is 5.41 Å². The average Bonchev–Trinajstić information content (AvgIpc) is 2.26. The van der Waals surface area contributed by atoms with Gasteiger partial charge in [0.05, 0.1) is 37.2 Å². The fraction of sp³-hybridized carbons (Fsp3) is 0.562. The minimum absolute atomic E-state index is 0.205. The molecule has 0 radical (unpaired) electrons. The molecule has 1 aliphatic heterocycles. The molecule has 0 aromatic heterocycles. The zero-order valence-corrected chi connectivity index (χ0v) is 12.3. The molecule has 0 spiro atoms. The summed E-state index contributed by atoms with van der Waals surface area (Å²) in [5.74, 6) is 0.925. The lowest BCUT2D eigenvalue weighted by atomic mass is 9.60. The SMILES string of the molecule is COc1c(C)cc(C2(C(C)(C)C#N)COC2)cc1C. The molecule has 3 nitrogen and oxygen atoms in total. The number of rotatable bonds is 3. The van der Waals surface area contributed by atoms with Gasteiger partial charge in [-0.25, -0.2) is 0 Å². The highest BCUT2D eigenvalue weighted by molar-refractivity contribution is 5.47. The van der Waals surface area contributed by atoms with E-state index in [0.717, 1.165) is 16.9 Å². The van der Waals surface area contributed by atoms with E-state index < -0.39 is 5.41 Å². The lowest BCUT2D eigenvalue weighted by molar-refractivity contribution is -0.102. The summed E-state index contributed by atoms with van der Waals surface area (Å²) in [6.45, 7) is 9.29. The quantitative estimate of drug-likeness (QED) is 0.837. The van der Waals surface area contributed by atoms with E-state index in [1.807, 2.05) is 27.7 Å². The number of hydrogen-bond donors (Lipinski definition) is 0. The van der Waals surface area contributed by atoms with Crippen LogP contribution in [0.1, 0.15) is 30.5 Å². The topological polar surface area (TPSA) is 42.2 Å². The van der Waals surface area contributed by atoms with Gasteiger partial charge in [0.15, 0.2) is 0 Å². The molecule has 0 N–H and O–H groups in total. The largest absolute Gasteiger partial charge is 0.496 e. The van der Waals surface area contributed by atoms with Crippen molar-refractivity contribution in [1.82, 2.24) is 0 Å². The third-order valence-electron chi connectivity index (χ3n) is 4.39. The molecule has 1 aliphatic rings. The fourth-order valence-corrected chi connectivity index (χ4v) is 2.85. The Hall–Kier alpha value is -1.53. The van der Waals surface area contributed by atoms with Gasteiger partial charge in [-0.1, -0.05) is 12.1 Å². The second-order valence-electron chi connectivity index (χ2n) is 5.96. The monoisotopic (exact) mass is 259 g/mol. The molecular formula is C16H21NO2. The lowest BCUT2D eigenvalue weighted by Crippen LogP contribution is -2.56. The molecule has 1 fully saturated rings. The van der Waals surface area contributed by atoms with Gasteiger partial charge in [-0.3, -0.25) is 0 Å². The summed E-state index contributed by atoms with van der Waals surface area (Å²) in [6, 6.07) is 6.70. The van der Waals surface area contributed by atoms with Crippen LogP contribution < -0.4 is 4.74 Å². The van der Waals surface area contributed by atoms with Gasteiger partial charge in [0.2, 0.25) is 0 Å². The molecule has 2 rings (SSSR count). The molecule has 0 atom stereocenters. The molecule has 0 bridgehead atoms. The maximum Gasteiger partial charge on any atom is 0.124 e. The molecule has 0 aliphatic carbocycles. The Balaban J connectivity index is 2.55. The Kier molecular flexibility index (Phi) is 3.32. The van der Waals surface area contributed by atoms with Crippen molar-refractivity contribution in [3.8, 4) is 11.8 Å². The van der Waals surface area contributed by atoms with Crippen molar-refractivity contribution >= 4 is 0 Å². The van der Waals surface area contributed by atoms with Crippen molar-refractivity contribution in [2.75, 3.05) is 20.3 Å². The van der Waals surface area contributed by atoms with Gasteiger partial charge in [0, 0.05) is 0 Å². The number of benzene rings is 1. The van der Waals surface area contributed by atoms with E-state index >= 15 is 0 Å². The first kappa shape index (κ1) is 13.9. The van der Waals surface area contributed by atoms with E-state index in [9.17, 15) is 5.26 Å². The van der Waals surface area contributed by atoms with Crippen LogP contribution in [0.5, 0.6) is 5.75 Å². The van der Waals surface area contributed by atoms with Crippen LogP contribution in [0, 0.1) is 30.6 Å². The molecule has 0 amide bonds. The standard InChI is InChI=1S/C16H21NO2/c1-11-6-13(7-12(2)14(11)18-5)16(9-19-10-16)15(3,4)8-17/h6-7H,9-10H2,1-5H3. The zero-order valence-electron chi connectivity index (χ0n) is 12.3. The Labute approximate surface area is 115 Å². The predicted octanol–water partition coefficient (Wildman–Crippen LogP) is 3.13. The highest BCUT2D eigenvalue weighted by Gasteiger charge is 2.52. The molecule has 0 saturated carbocycles. The third kappa shape index (κ3) is 1.91. The summed E-state index contributed by atoms with van der Waals surface area (Å²) >= 11 is 0. The summed E-state index contributed by atoms with van der Waals surface area (Å²) in [6.07, 6.45) is 0. The van der Waals surface area contributed by atoms with Gasteiger partial charge < -0.3 is 9.47 Å². The van der Waals surface area contributed by atoms with E-state index in [2.05, 4.69) is 18.2 Å². The average molecular weight is 259 g/mol. The van der Waals surface area contributed by atoms with Crippen LogP contribution in [0.15, 0.2) is 12.1 Å². The van der Waals surface area contributed by atoms with Crippen LogP contribution in [0.4, 0.5) is 0 Å². The third-order valence-corrected chi connectivity index (χ3v) is 4.39. The van der Waals surface area contributed by atoms with Crippen molar-refractivity contribution in [3.05, 3.63) is 28.8 Å². The molecule has 1 aromatic rings. The summed E-state index contributed by atoms with van der Waals surface area (Å²) in [5.41, 5.74) is 2.75. The smallest absolute Gasteiger partial charge is 0.124 e. The van der Waals surface area contributed by atoms with Gasteiger partial charge >= 0.3 is 0 Å². The summed E-state index contributed by atoms with van der Waals surface area (Å²) in [7, 11) is 1.69. The van der Waals surface area contributed by atoms with Crippen molar-refractivity contribution in [2.24, 2.45) is 5.41 Å². The van der Waals surface area contributed by atoms with Crippen LogP contribution in [-0.2, 0) is 10.2 Å². The van der Waals surface area contributed by atoms with Gasteiger partial charge in [-0.15, -0.1) is 0 Å². The zero-order chi connectivity index (χ0) is 14.3. The molecule has 1 saturated heterocycles. The first-order chi connectivity index (χ1) is 8.88. The highest BCUT2D eigenvalue weighted by atomic mass is 16.5. The predicted molar refractivity (Wildman–Crippen MR) is 74.4 cm³/mol. The van der Waals surface area contributed by atoms with E-state index in [4.69, 9.17) is 9.47 Å². The van der Waals surface area contributed by atoms with Crippen LogP contribution >= 0.6 is 0 Å². The minimum atomic E-state index is -0.446. The minimum Gasteiger partial charge on any atom is -0.496 e. The Morgan fingerprint density at radius 2 is 1.79 bits per heavy atom. The number of nitriles is 1. The van der Waals surface area contributed by atoms with Gasteiger partial charge in [0.1, 0.15) is 5.75 Å². The molecule has 1 aromatic carbocycles. The second-order valence-corrected chi connectivity index (χ2v) is 5.96. The molecule has 3 heteroatoms. The molecule has 1 heterocycles. The number of hydrogen-bond acceptors (Lipinski definition) is 3. The molecular weight excluding hydrogens is 238 g/mol. The van der Waals surface area contributed by atoms with Crippen molar-refractivity contribution in [2.45, 2.75) is 33.1 Å². The summed E-state index contributed by atoms with van der Waals surface area (Å²) < 4.78 is 10.8. The summed E-state index contributed by atoms with van der Waals surface area (Å²) in [4.78, 5) is 0. The fourth-order valence-electron chi connectivity index (χ4n) is 2.85. The maximum absolute atomic E-state index is 9.47. The maximum atomic E-state index is 9.47. The Bertz CT molecular complexity index is 513. The van der Waals surface area contributed by atoms with Crippen LogP contribution in [0.2, 0.25) is 0 Å². The Morgan fingerprint density at radius 1 is 1.26 bits per heavy atom. The number of ether oxygens (including phenoxy) is 2. The van der Waals surface area contributed by atoms with Gasteiger partial charge in [-0.2, -0.15) is 5.26 Å². The van der Waals surface area contributed by atoms with Crippen molar-refractivity contribution < 1.29 is 9.47 Å². The van der Waals surface area contributed by atoms with Crippen molar-refractivity contribution in [1.29, 1.82) is 5.26 Å². The highest BCUT2D eigenvalue weighted by Crippen LogP contribution is 2.48. The summed E-state index contributed by atoms with van der Waals surface area (Å²) in [5, 5.41) is 9.47.